The molecule has 2 fully saturated rings. The Kier molecular flexibility index (Phi) is 5.98. The van der Waals surface area contributed by atoms with Crippen LogP contribution in [-0.2, 0) is 19.1 Å². The number of rotatable bonds is 4. The van der Waals surface area contributed by atoms with Crippen LogP contribution in [0.2, 0.25) is 0 Å². The van der Waals surface area contributed by atoms with Crippen molar-refractivity contribution in [3.8, 4) is 0 Å². The highest BCUT2D eigenvalue weighted by molar-refractivity contribution is 6.00. The van der Waals surface area contributed by atoms with Crippen LogP contribution in [0.5, 0.6) is 0 Å². The van der Waals surface area contributed by atoms with Crippen molar-refractivity contribution in [3.05, 3.63) is 65.2 Å². The molecule has 0 spiro atoms. The predicted molar refractivity (Wildman–Crippen MR) is 142 cm³/mol. The summed E-state index contributed by atoms with van der Waals surface area (Å²) >= 11 is 0. The van der Waals surface area contributed by atoms with E-state index >= 15 is 0 Å². The van der Waals surface area contributed by atoms with Crippen molar-refractivity contribution in [2.24, 2.45) is 17.3 Å². The topological polar surface area (TPSA) is 68.7 Å². The summed E-state index contributed by atoms with van der Waals surface area (Å²) in [5.74, 6) is 1.40. The summed E-state index contributed by atoms with van der Waals surface area (Å²) in [5.41, 5.74) is 3.13. The van der Waals surface area contributed by atoms with Gasteiger partial charge < -0.3 is 14.4 Å². The van der Waals surface area contributed by atoms with E-state index in [1.165, 1.54) is 18.1 Å². The molecule has 2 saturated carbocycles. The third-order valence-corrected chi connectivity index (χ3v) is 9.21. The smallest absolute Gasteiger partial charge is 0.302 e. The third kappa shape index (κ3) is 4.19. The molecule has 0 bridgehead atoms. The van der Waals surface area contributed by atoms with Crippen LogP contribution in [-0.4, -0.2) is 54.5 Å². The summed E-state index contributed by atoms with van der Waals surface area (Å²) in [6, 6.07) is 8.59. The number of hydrogen-bond donors (Lipinski definition) is 0. The van der Waals surface area contributed by atoms with Gasteiger partial charge in [0.05, 0.1) is 5.57 Å². The van der Waals surface area contributed by atoms with Gasteiger partial charge in [-0.2, -0.15) is 0 Å². The molecule has 1 aliphatic heterocycles. The number of esters is 1. The summed E-state index contributed by atoms with van der Waals surface area (Å²) in [4.78, 5) is 31.7. The van der Waals surface area contributed by atoms with Gasteiger partial charge in [0.25, 0.3) is 0 Å². The Morgan fingerprint density at radius 2 is 2.05 bits per heavy atom. The number of aromatic nitrogens is 1. The SMILES string of the molecule is CC(=O)OC1C[C@H]2[C@@H]3OC4=C(C=C3CC[C@]2(C)[C@H]1c1ccc2cnccc2c1)C(=O)CC(CN(C)C)C4. The minimum Gasteiger partial charge on any atom is -0.489 e. The van der Waals surface area contributed by atoms with Gasteiger partial charge >= 0.3 is 5.97 Å². The molecule has 1 aromatic heterocycles. The number of fused-ring (bicyclic) bond motifs is 4. The fraction of sp³-hybridized carbons (Fsp3) is 0.516. The molecule has 4 aliphatic rings. The van der Waals surface area contributed by atoms with Gasteiger partial charge in [-0.3, -0.25) is 14.6 Å². The number of allylic oxidation sites excluding steroid dienone is 3. The van der Waals surface area contributed by atoms with Crippen LogP contribution in [0.15, 0.2) is 59.6 Å². The molecule has 2 aromatic rings. The van der Waals surface area contributed by atoms with E-state index in [1.54, 1.807) is 0 Å². The lowest BCUT2D eigenvalue weighted by molar-refractivity contribution is -0.147. The number of ether oxygens (including phenoxy) is 2. The number of ketones is 1. The maximum absolute atomic E-state index is 13.0. The number of hydrogen-bond acceptors (Lipinski definition) is 6. The standard InChI is InChI=1S/C31H36N2O4/c1-18(34)36-28-15-25-30-22(14-24-26(35)11-19(17-33(3)4)12-27(24)37-30)7-9-31(25,2)29(28)21-5-6-23-16-32-10-8-20(23)13-21/h5-6,8,10,13-14,16,19,25,28-30H,7,9,11-12,15,17H2,1-4H3/t19?,25-,28?,29-,30+,31-/m0/s1. The molecule has 6 heteroatoms. The Balaban J connectivity index is 1.35. The molecule has 6 nitrogen and oxygen atoms in total. The van der Waals surface area contributed by atoms with E-state index in [9.17, 15) is 9.59 Å². The molecule has 0 radical (unpaired) electrons. The predicted octanol–water partition coefficient (Wildman–Crippen LogP) is 5.19. The Morgan fingerprint density at radius 1 is 1.22 bits per heavy atom. The van der Waals surface area contributed by atoms with Gasteiger partial charge in [-0.25, -0.2) is 0 Å². The van der Waals surface area contributed by atoms with Crippen LogP contribution in [0.1, 0.15) is 57.4 Å². The molecule has 2 unspecified atom stereocenters. The lowest BCUT2D eigenvalue weighted by atomic mass is 9.61. The number of benzene rings is 1. The minimum absolute atomic E-state index is 0.0730. The number of nitrogens with zero attached hydrogens (tertiary/aromatic N) is 2. The maximum atomic E-state index is 13.0. The second-order valence-electron chi connectivity index (χ2n) is 12.0. The van der Waals surface area contributed by atoms with Gasteiger partial charge in [0.1, 0.15) is 18.0 Å². The highest BCUT2D eigenvalue weighted by atomic mass is 16.5. The first-order chi connectivity index (χ1) is 17.7. The minimum atomic E-state index is -0.239. The molecule has 6 atom stereocenters. The zero-order valence-electron chi connectivity index (χ0n) is 22.2. The molecule has 3 aliphatic carbocycles. The molecule has 0 amide bonds. The van der Waals surface area contributed by atoms with Gasteiger partial charge in [0.15, 0.2) is 5.78 Å². The van der Waals surface area contributed by atoms with E-state index < -0.39 is 0 Å². The fourth-order valence-corrected chi connectivity index (χ4v) is 7.70. The normalized spacial score (nSPS) is 32.9. The zero-order chi connectivity index (χ0) is 25.9. The Morgan fingerprint density at radius 3 is 2.84 bits per heavy atom. The average Bonchev–Trinajstić information content (AvgIpc) is 3.14. The number of carbonyl (C=O) groups is 2. The molecule has 0 saturated heterocycles. The van der Waals surface area contributed by atoms with Gasteiger partial charge in [-0.15, -0.1) is 0 Å². The summed E-state index contributed by atoms with van der Waals surface area (Å²) in [7, 11) is 4.11. The highest BCUT2D eigenvalue weighted by Crippen LogP contribution is 2.62. The summed E-state index contributed by atoms with van der Waals surface area (Å²) in [6.45, 7) is 4.74. The lowest BCUT2D eigenvalue weighted by Crippen LogP contribution is -2.44. The van der Waals surface area contributed by atoms with Gasteiger partial charge in [0, 0.05) is 55.9 Å². The first kappa shape index (κ1) is 24.4. The van der Waals surface area contributed by atoms with Crippen molar-refractivity contribution in [2.75, 3.05) is 20.6 Å². The molecule has 2 heterocycles. The van der Waals surface area contributed by atoms with Gasteiger partial charge in [0.2, 0.25) is 0 Å². The molecule has 6 rings (SSSR count). The van der Waals surface area contributed by atoms with Gasteiger partial charge in [-0.1, -0.05) is 25.1 Å². The van der Waals surface area contributed by atoms with E-state index in [0.717, 1.165) is 54.3 Å². The lowest BCUT2D eigenvalue weighted by Gasteiger charge is -2.48. The first-order valence-corrected chi connectivity index (χ1v) is 13.5. The molecule has 0 N–H and O–H groups in total. The third-order valence-electron chi connectivity index (χ3n) is 9.21. The van der Waals surface area contributed by atoms with E-state index in [2.05, 4.69) is 55.2 Å². The monoisotopic (exact) mass is 500 g/mol. The second-order valence-corrected chi connectivity index (χ2v) is 12.0. The van der Waals surface area contributed by atoms with Crippen molar-refractivity contribution in [1.82, 2.24) is 9.88 Å². The first-order valence-electron chi connectivity index (χ1n) is 13.5. The van der Waals surface area contributed by atoms with Crippen LogP contribution in [0.25, 0.3) is 10.8 Å². The van der Waals surface area contributed by atoms with Crippen molar-refractivity contribution in [3.63, 3.8) is 0 Å². The van der Waals surface area contributed by atoms with Crippen molar-refractivity contribution >= 4 is 22.5 Å². The molecule has 37 heavy (non-hydrogen) atoms. The van der Waals surface area contributed by atoms with Crippen molar-refractivity contribution in [1.29, 1.82) is 0 Å². The largest absolute Gasteiger partial charge is 0.489 e. The van der Waals surface area contributed by atoms with E-state index in [1.807, 2.05) is 18.5 Å². The Hall–Kier alpha value is -2.99. The Labute approximate surface area is 218 Å². The summed E-state index contributed by atoms with van der Waals surface area (Å²) < 4.78 is 12.8. The molecular weight excluding hydrogens is 464 g/mol. The van der Waals surface area contributed by atoms with Crippen LogP contribution in [0.4, 0.5) is 0 Å². The summed E-state index contributed by atoms with van der Waals surface area (Å²) in [5, 5.41) is 2.25. The fourth-order valence-electron chi connectivity index (χ4n) is 7.70. The van der Waals surface area contributed by atoms with Gasteiger partial charge in [-0.05, 0) is 73.4 Å². The van der Waals surface area contributed by atoms with Crippen LogP contribution >= 0.6 is 0 Å². The quantitative estimate of drug-likeness (QED) is 0.538. The molecule has 194 valence electrons. The summed E-state index contributed by atoms with van der Waals surface area (Å²) in [6.07, 6.45) is 9.59. The van der Waals surface area contributed by atoms with Crippen LogP contribution in [0, 0.1) is 17.3 Å². The molecular formula is C31H36N2O4. The van der Waals surface area contributed by atoms with E-state index in [4.69, 9.17) is 9.47 Å². The van der Waals surface area contributed by atoms with Crippen molar-refractivity contribution < 1.29 is 19.1 Å². The second kappa shape index (κ2) is 9.09. The van der Waals surface area contributed by atoms with E-state index in [0.29, 0.717) is 6.42 Å². The Bertz CT molecular complexity index is 1330. The molecule has 1 aromatic carbocycles. The maximum Gasteiger partial charge on any atom is 0.302 e. The highest BCUT2D eigenvalue weighted by Gasteiger charge is 2.60. The number of carbonyl (C=O) groups excluding carboxylic acids is 2. The zero-order valence-corrected chi connectivity index (χ0v) is 22.2. The van der Waals surface area contributed by atoms with Crippen LogP contribution in [0.3, 0.4) is 0 Å². The average molecular weight is 501 g/mol. The number of pyridine rings is 1. The number of Topliss-reactive ketones (excluding diaryl/α,β-unsaturated/α-hetero) is 1. The van der Waals surface area contributed by atoms with Crippen molar-refractivity contribution in [2.45, 2.75) is 64.1 Å². The van der Waals surface area contributed by atoms with E-state index in [-0.39, 0.29) is 47.1 Å². The van der Waals surface area contributed by atoms with Crippen LogP contribution < -0.4 is 0 Å².